The molecule has 0 aliphatic carbocycles. The summed E-state index contributed by atoms with van der Waals surface area (Å²) in [6, 6.07) is -0.157. The molecule has 0 aromatic heterocycles. The molecular weight excluding hydrogens is 224 g/mol. The number of likely N-dealkylation sites (tertiary alicyclic amines) is 1. The molecule has 1 saturated heterocycles. The third kappa shape index (κ3) is 3.59. The van der Waals surface area contributed by atoms with E-state index in [1.54, 1.807) is 4.90 Å². The van der Waals surface area contributed by atoms with Gasteiger partial charge in [-0.3, -0.25) is 0 Å². The Morgan fingerprint density at radius 1 is 1.47 bits per heavy atom. The molecule has 0 spiro atoms. The molecule has 3 atom stereocenters. The quantitative estimate of drug-likeness (QED) is 0.664. The zero-order chi connectivity index (χ0) is 13.0. The zero-order valence-corrected chi connectivity index (χ0v) is 10.2. The van der Waals surface area contributed by atoms with Crippen molar-refractivity contribution >= 4 is 12.0 Å². The number of piperidine rings is 1. The lowest BCUT2D eigenvalue weighted by Gasteiger charge is -2.37. The third-order valence-corrected chi connectivity index (χ3v) is 3.37. The molecule has 0 aromatic rings. The van der Waals surface area contributed by atoms with Crippen LogP contribution >= 0.6 is 0 Å². The number of carboxylic acids is 1. The molecule has 1 aliphatic rings. The Balaban J connectivity index is 2.44. The van der Waals surface area contributed by atoms with Crippen molar-refractivity contribution in [2.75, 3.05) is 13.1 Å². The van der Waals surface area contributed by atoms with Crippen LogP contribution in [0.25, 0.3) is 0 Å². The van der Waals surface area contributed by atoms with Gasteiger partial charge in [0.05, 0.1) is 6.54 Å². The van der Waals surface area contributed by atoms with E-state index in [1.165, 1.54) is 0 Å². The monoisotopic (exact) mass is 244 g/mol. The topological polar surface area (TPSA) is 89.9 Å². The molecule has 6 nitrogen and oxygen atoms in total. The van der Waals surface area contributed by atoms with Crippen LogP contribution in [0.5, 0.6) is 0 Å². The van der Waals surface area contributed by atoms with Gasteiger partial charge in [-0.15, -0.1) is 0 Å². The van der Waals surface area contributed by atoms with Crippen LogP contribution in [0.15, 0.2) is 0 Å². The lowest BCUT2D eigenvalue weighted by Crippen LogP contribution is -2.52. The molecule has 17 heavy (non-hydrogen) atoms. The molecular formula is C11H20N2O4. The van der Waals surface area contributed by atoms with Gasteiger partial charge in [-0.25, -0.2) is 9.59 Å². The van der Waals surface area contributed by atoms with E-state index in [4.69, 9.17) is 10.2 Å². The van der Waals surface area contributed by atoms with Crippen molar-refractivity contribution < 1.29 is 19.8 Å². The first-order valence-electron chi connectivity index (χ1n) is 5.88. The highest BCUT2D eigenvalue weighted by atomic mass is 16.4. The highest BCUT2D eigenvalue weighted by Crippen LogP contribution is 2.22. The van der Waals surface area contributed by atoms with Crippen molar-refractivity contribution in [1.29, 1.82) is 0 Å². The summed E-state index contributed by atoms with van der Waals surface area (Å²) in [4.78, 5) is 23.9. The zero-order valence-electron chi connectivity index (χ0n) is 10.2. The first kappa shape index (κ1) is 13.8. The van der Waals surface area contributed by atoms with Crippen LogP contribution < -0.4 is 5.32 Å². The van der Waals surface area contributed by atoms with Crippen LogP contribution in [-0.2, 0) is 4.79 Å². The number of carboxylic acid groups (broad SMARTS) is 1. The smallest absolute Gasteiger partial charge is 0.334 e. The number of aliphatic hydroxyl groups is 1. The summed E-state index contributed by atoms with van der Waals surface area (Å²) >= 11 is 0. The number of hydrogen-bond acceptors (Lipinski definition) is 3. The van der Waals surface area contributed by atoms with Gasteiger partial charge in [0, 0.05) is 12.6 Å². The van der Waals surface area contributed by atoms with Crippen molar-refractivity contribution in [3.05, 3.63) is 0 Å². The number of amides is 2. The Labute approximate surface area is 101 Å². The SMILES string of the molecule is CC1CCCN(C(=O)NCC(O)C(=O)O)C1C. The average Bonchev–Trinajstić information content (AvgIpc) is 2.29. The molecule has 3 N–H and O–H groups in total. The predicted octanol–water partition coefficient (Wildman–Crippen LogP) is 0.262. The molecule has 6 heteroatoms. The minimum Gasteiger partial charge on any atom is -0.479 e. The highest BCUT2D eigenvalue weighted by molar-refractivity contribution is 5.77. The fraction of sp³-hybridized carbons (Fsp3) is 0.818. The van der Waals surface area contributed by atoms with Gasteiger partial charge in [-0.05, 0) is 25.7 Å². The summed E-state index contributed by atoms with van der Waals surface area (Å²) in [6.07, 6.45) is 0.514. The minimum absolute atomic E-state index is 0.144. The molecule has 2 amide bonds. The molecule has 0 radical (unpaired) electrons. The van der Waals surface area contributed by atoms with Crippen molar-refractivity contribution in [3.8, 4) is 0 Å². The fourth-order valence-electron chi connectivity index (χ4n) is 1.99. The number of urea groups is 1. The first-order chi connectivity index (χ1) is 7.93. The molecule has 0 saturated carbocycles. The van der Waals surface area contributed by atoms with E-state index in [2.05, 4.69) is 12.2 Å². The van der Waals surface area contributed by atoms with Gasteiger partial charge in [0.1, 0.15) is 0 Å². The number of carbonyl (C=O) groups is 2. The Morgan fingerprint density at radius 2 is 2.12 bits per heavy atom. The van der Waals surface area contributed by atoms with Crippen LogP contribution in [0.2, 0.25) is 0 Å². The second-order valence-electron chi connectivity index (χ2n) is 4.59. The van der Waals surface area contributed by atoms with E-state index in [1.807, 2.05) is 6.92 Å². The number of aliphatic hydroxyl groups excluding tert-OH is 1. The summed E-state index contributed by atoms with van der Waals surface area (Å²) in [5.41, 5.74) is 0. The molecule has 1 rings (SSSR count). The Kier molecular flexibility index (Phi) is 4.74. The Morgan fingerprint density at radius 3 is 2.71 bits per heavy atom. The van der Waals surface area contributed by atoms with Gasteiger partial charge in [0.25, 0.3) is 0 Å². The molecule has 1 fully saturated rings. The van der Waals surface area contributed by atoms with E-state index >= 15 is 0 Å². The van der Waals surface area contributed by atoms with E-state index in [0.29, 0.717) is 12.5 Å². The van der Waals surface area contributed by atoms with Crippen molar-refractivity contribution in [2.24, 2.45) is 5.92 Å². The van der Waals surface area contributed by atoms with Gasteiger partial charge in [-0.1, -0.05) is 6.92 Å². The van der Waals surface area contributed by atoms with E-state index in [-0.39, 0.29) is 18.6 Å². The van der Waals surface area contributed by atoms with Gasteiger partial charge in [0.15, 0.2) is 6.10 Å². The lowest BCUT2D eigenvalue weighted by molar-refractivity contribution is -0.146. The highest BCUT2D eigenvalue weighted by Gasteiger charge is 2.28. The van der Waals surface area contributed by atoms with Crippen LogP contribution in [0.4, 0.5) is 4.79 Å². The summed E-state index contributed by atoms with van der Waals surface area (Å²) < 4.78 is 0. The van der Waals surface area contributed by atoms with Gasteiger partial charge in [-0.2, -0.15) is 0 Å². The second kappa shape index (κ2) is 5.86. The van der Waals surface area contributed by atoms with Gasteiger partial charge < -0.3 is 20.4 Å². The third-order valence-electron chi connectivity index (χ3n) is 3.37. The van der Waals surface area contributed by atoms with Crippen molar-refractivity contribution in [2.45, 2.75) is 38.8 Å². The van der Waals surface area contributed by atoms with Crippen LogP contribution in [0.1, 0.15) is 26.7 Å². The molecule has 98 valence electrons. The Bertz CT molecular complexity index is 295. The molecule has 0 aromatic carbocycles. The summed E-state index contributed by atoms with van der Waals surface area (Å²) in [6.45, 7) is 4.50. The van der Waals surface area contributed by atoms with Gasteiger partial charge in [0.2, 0.25) is 0 Å². The van der Waals surface area contributed by atoms with Crippen molar-refractivity contribution in [1.82, 2.24) is 10.2 Å². The minimum atomic E-state index is -1.54. The number of aliphatic carboxylic acids is 1. The normalized spacial score (nSPS) is 26.4. The maximum Gasteiger partial charge on any atom is 0.334 e. The summed E-state index contributed by atoms with van der Waals surface area (Å²) in [7, 11) is 0. The van der Waals surface area contributed by atoms with Crippen molar-refractivity contribution in [3.63, 3.8) is 0 Å². The standard InChI is InChI=1S/C11H20N2O4/c1-7-4-3-5-13(8(7)2)11(17)12-6-9(14)10(15)16/h7-9,14H,3-6H2,1-2H3,(H,12,17)(H,15,16). The molecule has 1 heterocycles. The van der Waals surface area contributed by atoms with E-state index < -0.39 is 12.1 Å². The number of carbonyl (C=O) groups excluding carboxylic acids is 1. The largest absolute Gasteiger partial charge is 0.479 e. The number of nitrogens with one attached hydrogen (secondary N) is 1. The molecule has 3 unspecified atom stereocenters. The maximum absolute atomic E-state index is 11.8. The maximum atomic E-state index is 11.8. The van der Waals surface area contributed by atoms with Crippen LogP contribution in [-0.4, -0.2) is 52.3 Å². The lowest BCUT2D eigenvalue weighted by atomic mass is 9.92. The van der Waals surface area contributed by atoms with Gasteiger partial charge >= 0.3 is 12.0 Å². The van der Waals surface area contributed by atoms with E-state index in [0.717, 1.165) is 12.8 Å². The fourth-order valence-corrected chi connectivity index (χ4v) is 1.99. The number of nitrogens with zero attached hydrogens (tertiary/aromatic N) is 1. The Hall–Kier alpha value is -1.30. The van der Waals surface area contributed by atoms with Crippen LogP contribution in [0.3, 0.4) is 0 Å². The van der Waals surface area contributed by atoms with E-state index in [9.17, 15) is 9.59 Å². The van der Waals surface area contributed by atoms with Crippen LogP contribution in [0, 0.1) is 5.92 Å². The molecule has 1 aliphatic heterocycles. The first-order valence-corrected chi connectivity index (χ1v) is 5.88. The summed E-state index contributed by atoms with van der Waals surface area (Å²) in [5, 5.41) is 20.0. The number of rotatable bonds is 3. The predicted molar refractivity (Wildman–Crippen MR) is 61.6 cm³/mol. The average molecular weight is 244 g/mol. The molecule has 0 bridgehead atoms. The second-order valence-corrected chi connectivity index (χ2v) is 4.59. The summed E-state index contributed by atoms with van der Waals surface area (Å²) in [5.74, 6) is -0.885. The number of hydrogen-bond donors (Lipinski definition) is 3.